The van der Waals surface area contributed by atoms with E-state index in [-0.39, 0.29) is 6.54 Å². The van der Waals surface area contributed by atoms with Crippen LogP contribution in [0.2, 0.25) is 0 Å². The van der Waals surface area contributed by atoms with Crippen molar-refractivity contribution in [3.05, 3.63) is 22.4 Å². The third-order valence-corrected chi connectivity index (χ3v) is 2.74. The van der Waals surface area contributed by atoms with Crippen molar-refractivity contribution in [2.45, 2.75) is 18.9 Å². The predicted molar refractivity (Wildman–Crippen MR) is 51.7 cm³/mol. The van der Waals surface area contributed by atoms with Crippen LogP contribution in [0.4, 0.5) is 17.6 Å². The Bertz CT molecular complexity index is 352. The molecule has 0 bridgehead atoms. The van der Waals surface area contributed by atoms with E-state index in [1.807, 2.05) is 0 Å². The summed E-state index contributed by atoms with van der Waals surface area (Å²) in [5.74, 6) is -6.48. The van der Waals surface area contributed by atoms with Crippen molar-refractivity contribution in [1.29, 1.82) is 0 Å². The number of carbonyl (C=O) groups excluding carboxylic acids is 1. The Hall–Kier alpha value is -1.11. The van der Waals surface area contributed by atoms with Crippen LogP contribution in [0.25, 0.3) is 0 Å². The smallest absolute Gasteiger partial charge is 0.335 e. The fraction of sp³-hybridized carbons (Fsp3) is 0.444. The van der Waals surface area contributed by atoms with E-state index in [1.54, 1.807) is 17.5 Å². The molecule has 0 radical (unpaired) electrons. The molecule has 0 aromatic carbocycles. The maximum atomic E-state index is 12.7. The number of rotatable bonds is 4. The molecule has 0 saturated carbocycles. The molecule has 0 N–H and O–H groups in total. The van der Waals surface area contributed by atoms with Crippen molar-refractivity contribution >= 4 is 17.2 Å². The largest absolute Gasteiger partial charge is 0.383 e. The van der Waals surface area contributed by atoms with Gasteiger partial charge in [0.1, 0.15) is 0 Å². The zero-order chi connectivity index (χ0) is 12.3. The molecule has 1 aromatic heterocycles. The number of thiophene rings is 1. The quantitative estimate of drug-likeness (QED) is 0.757. The van der Waals surface area contributed by atoms with Gasteiger partial charge in [-0.2, -0.15) is 8.78 Å². The van der Waals surface area contributed by atoms with Crippen molar-refractivity contribution in [3.63, 3.8) is 0 Å². The Morgan fingerprint density at radius 3 is 2.62 bits per heavy atom. The van der Waals surface area contributed by atoms with Gasteiger partial charge in [0.2, 0.25) is 0 Å². The number of hydrogen-bond acceptors (Lipinski definition) is 2. The van der Waals surface area contributed by atoms with E-state index in [0.29, 0.717) is 9.78 Å². The van der Waals surface area contributed by atoms with Crippen molar-refractivity contribution in [2.75, 3.05) is 7.05 Å². The molecule has 1 heterocycles. The summed E-state index contributed by atoms with van der Waals surface area (Å²) in [6.45, 7) is -0.0984. The predicted octanol–water partition coefficient (Wildman–Crippen LogP) is 2.61. The molecule has 0 aliphatic rings. The number of carbonyl (C=O) groups is 1. The van der Waals surface area contributed by atoms with Crippen LogP contribution in [-0.4, -0.2) is 30.2 Å². The second-order valence-electron chi connectivity index (χ2n) is 3.16. The molecule has 0 spiro atoms. The highest BCUT2D eigenvalue weighted by molar-refractivity contribution is 7.09. The van der Waals surface area contributed by atoms with Gasteiger partial charge in [0, 0.05) is 11.9 Å². The summed E-state index contributed by atoms with van der Waals surface area (Å²) < 4.78 is 49.2. The molecule has 2 nitrogen and oxygen atoms in total. The van der Waals surface area contributed by atoms with Gasteiger partial charge >= 0.3 is 12.3 Å². The second kappa shape index (κ2) is 4.82. The van der Waals surface area contributed by atoms with Crippen LogP contribution in [0.5, 0.6) is 0 Å². The van der Waals surface area contributed by atoms with E-state index in [9.17, 15) is 22.4 Å². The minimum atomic E-state index is -4.62. The Morgan fingerprint density at radius 1 is 1.56 bits per heavy atom. The fourth-order valence-corrected chi connectivity index (χ4v) is 1.81. The second-order valence-corrected chi connectivity index (χ2v) is 4.20. The van der Waals surface area contributed by atoms with E-state index in [2.05, 4.69) is 0 Å². The van der Waals surface area contributed by atoms with Crippen LogP contribution in [-0.2, 0) is 11.3 Å². The highest BCUT2D eigenvalue weighted by atomic mass is 32.1. The van der Waals surface area contributed by atoms with Crippen LogP contribution < -0.4 is 0 Å². The molecule has 1 aromatic rings. The molecule has 0 unspecified atom stereocenters. The van der Waals surface area contributed by atoms with Crippen LogP contribution >= 0.6 is 11.3 Å². The van der Waals surface area contributed by atoms with Gasteiger partial charge in [-0.15, -0.1) is 11.3 Å². The van der Waals surface area contributed by atoms with Gasteiger partial charge in [-0.05, 0) is 11.4 Å². The van der Waals surface area contributed by atoms with Gasteiger partial charge < -0.3 is 4.90 Å². The average molecular weight is 255 g/mol. The highest BCUT2D eigenvalue weighted by Gasteiger charge is 2.50. The Morgan fingerprint density at radius 2 is 2.19 bits per heavy atom. The molecule has 16 heavy (non-hydrogen) atoms. The summed E-state index contributed by atoms with van der Waals surface area (Å²) in [6.07, 6.45) is -3.98. The molecule has 90 valence electrons. The maximum absolute atomic E-state index is 12.7. The Labute approximate surface area is 93.5 Å². The minimum Gasteiger partial charge on any atom is -0.335 e. The van der Waals surface area contributed by atoms with Crippen LogP contribution in [0.3, 0.4) is 0 Å². The monoisotopic (exact) mass is 255 g/mol. The topological polar surface area (TPSA) is 20.3 Å². The first-order valence-electron chi connectivity index (χ1n) is 4.29. The van der Waals surface area contributed by atoms with E-state index in [4.69, 9.17) is 0 Å². The molecule has 0 aliphatic carbocycles. The first-order chi connectivity index (χ1) is 7.35. The van der Waals surface area contributed by atoms with Crippen molar-refractivity contribution in [2.24, 2.45) is 0 Å². The average Bonchev–Trinajstić information content (AvgIpc) is 2.68. The molecule has 0 atom stereocenters. The van der Waals surface area contributed by atoms with E-state index < -0.39 is 18.3 Å². The number of hydrogen-bond donors (Lipinski definition) is 0. The number of nitrogens with zero attached hydrogens (tertiary/aromatic N) is 1. The van der Waals surface area contributed by atoms with E-state index >= 15 is 0 Å². The van der Waals surface area contributed by atoms with Gasteiger partial charge in [-0.3, -0.25) is 4.79 Å². The van der Waals surface area contributed by atoms with Crippen molar-refractivity contribution < 1.29 is 22.4 Å². The summed E-state index contributed by atoms with van der Waals surface area (Å²) in [4.78, 5) is 12.3. The minimum absolute atomic E-state index is 0.0984. The molecule has 0 saturated heterocycles. The van der Waals surface area contributed by atoms with Crippen LogP contribution in [0.15, 0.2) is 17.5 Å². The third-order valence-electron chi connectivity index (χ3n) is 1.88. The Balaban J connectivity index is 2.68. The van der Waals surface area contributed by atoms with Crippen molar-refractivity contribution in [1.82, 2.24) is 4.90 Å². The zero-order valence-corrected chi connectivity index (χ0v) is 9.11. The molecular weight excluding hydrogens is 246 g/mol. The summed E-state index contributed by atoms with van der Waals surface area (Å²) in [7, 11) is 1.07. The molecule has 1 amide bonds. The first kappa shape index (κ1) is 13.0. The van der Waals surface area contributed by atoms with Crippen LogP contribution in [0.1, 0.15) is 4.88 Å². The standard InChI is InChI=1S/C9H9F4NOS/c1-14(5-6-3-2-4-16-6)8(15)9(12,13)7(10)11/h2-4,7H,5H2,1H3. The number of amides is 1. The maximum Gasteiger partial charge on any atom is 0.383 e. The molecular formula is C9H9F4NOS. The van der Waals surface area contributed by atoms with Gasteiger partial charge in [-0.1, -0.05) is 6.07 Å². The normalized spacial score (nSPS) is 11.9. The van der Waals surface area contributed by atoms with E-state index in [0.717, 1.165) is 7.05 Å². The highest BCUT2D eigenvalue weighted by Crippen LogP contribution is 2.25. The third kappa shape index (κ3) is 2.72. The summed E-state index contributed by atoms with van der Waals surface area (Å²) >= 11 is 1.26. The summed E-state index contributed by atoms with van der Waals surface area (Å²) in [5.41, 5.74) is 0. The molecule has 0 fully saturated rings. The van der Waals surface area contributed by atoms with Gasteiger partial charge in [-0.25, -0.2) is 8.78 Å². The SMILES string of the molecule is CN(Cc1cccs1)C(=O)C(F)(F)C(F)F. The van der Waals surface area contributed by atoms with Crippen molar-refractivity contribution in [3.8, 4) is 0 Å². The number of halogens is 4. The number of alkyl halides is 4. The lowest BCUT2D eigenvalue weighted by atomic mass is 10.3. The van der Waals surface area contributed by atoms with Gasteiger partial charge in [0.05, 0.1) is 6.54 Å². The lowest BCUT2D eigenvalue weighted by Crippen LogP contribution is -2.45. The summed E-state index contributed by atoms with van der Waals surface area (Å²) in [5, 5.41) is 1.71. The van der Waals surface area contributed by atoms with E-state index in [1.165, 1.54) is 11.3 Å². The lowest BCUT2D eigenvalue weighted by Gasteiger charge is -2.22. The van der Waals surface area contributed by atoms with Crippen LogP contribution in [0, 0.1) is 0 Å². The Kier molecular flexibility index (Phi) is 3.90. The first-order valence-corrected chi connectivity index (χ1v) is 5.17. The fourth-order valence-electron chi connectivity index (χ4n) is 1.06. The zero-order valence-electron chi connectivity index (χ0n) is 8.29. The summed E-state index contributed by atoms with van der Waals surface area (Å²) in [6, 6.07) is 3.32. The molecule has 1 rings (SSSR count). The molecule has 0 aliphatic heterocycles. The lowest BCUT2D eigenvalue weighted by molar-refractivity contribution is -0.179. The van der Waals surface area contributed by atoms with Gasteiger partial charge in [0.25, 0.3) is 5.91 Å². The molecule has 7 heteroatoms. The van der Waals surface area contributed by atoms with Gasteiger partial charge in [0.15, 0.2) is 0 Å².